The van der Waals surface area contributed by atoms with Gasteiger partial charge in [0, 0.05) is 12.4 Å². The summed E-state index contributed by atoms with van der Waals surface area (Å²) in [5.74, 6) is 0. The molecule has 0 atom stereocenters. The zero-order chi connectivity index (χ0) is 11.3. The van der Waals surface area contributed by atoms with Crippen LogP contribution in [-0.4, -0.2) is 9.97 Å². The zero-order valence-electron chi connectivity index (χ0n) is 9.15. The molecule has 0 aliphatic rings. The van der Waals surface area contributed by atoms with Gasteiger partial charge in [0.2, 0.25) is 0 Å². The Morgan fingerprint density at radius 1 is 1.07 bits per heavy atom. The van der Waals surface area contributed by atoms with Crippen molar-refractivity contribution < 1.29 is 0 Å². The van der Waals surface area contributed by atoms with E-state index < -0.39 is 0 Å². The first kappa shape index (κ1) is 11.1. The Labute approximate surface area is 89.4 Å². The lowest BCUT2D eigenvalue weighted by atomic mass is 10.1. The predicted molar refractivity (Wildman–Crippen MR) is 60.3 cm³/mol. The Hall–Kier alpha value is -1.95. The van der Waals surface area contributed by atoms with Crippen LogP contribution in [0.25, 0.3) is 11.0 Å². The highest BCUT2D eigenvalue weighted by Gasteiger charge is 2.03. The molecule has 0 N–H and O–H groups in total. The van der Waals surface area contributed by atoms with Crippen LogP contribution in [0, 0.1) is 18.3 Å². The van der Waals surface area contributed by atoms with Crippen LogP contribution in [-0.2, 0) is 0 Å². The van der Waals surface area contributed by atoms with E-state index in [0.717, 1.165) is 11.1 Å². The average molecular weight is 199 g/mol. The van der Waals surface area contributed by atoms with E-state index in [1.807, 2.05) is 26.8 Å². The summed E-state index contributed by atoms with van der Waals surface area (Å²) in [5, 5.41) is 8.81. The van der Waals surface area contributed by atoms with Crippen LogP contribution < -0.4 is 0 Å². The van der Waals surface area contributed by atoms with E-state index in [9.17, 15) is 0 Å². The van der Waals surface area contributed by atoms with Crippen LogP contribution in [0.15, 0.2) is 24.5 Å². The standard InChI is InChI=1S/C10H7N3.C2H6/c1-7-2-3-8(6-11)10-9(7)12-4-5-13-10;1-2/h2-5H,1H3;1-2H3. The largest absolute Gasteiger partial charge is 0.253 e. The Bertz CT molecular complexity index is 498. The molecule has 1 aromatic carbocycles. The molecular weight excluding hydrogens is 186 g/mol. The number of nitrogens with zero attached hydrogens (tertiary/aromatic N) is 3. The van der Waals surface area contributed by atoms with Crippen LogP contribution >= 0.6 is 0 Å². The first-order valence-corrected chi connectivity index (χ1v) is 4.93. The molecule has 76 valence electrons. The number of hydrogen-bond acceptors (Lipinski definition) is 3. The van der Waals surface area contributed by atoms with E-state index in [-0.39, 0.29) is 0 Å². The van der Waals surface area contributed by atoms with Gasteiger partial charge in [0.1, 0.15) is 11.6 Å². The minimum Gasteiger partial charge on any atom is -0.253 e. The molecule has 2 aromatic rings. The minimum absolute atomic E-state index is 0.578. The fourth-order valence-electron chi connectivity index (χ4n) is 1.28. The smallest absolute Gasteiger partial charge is 0.107 e. The van der Waals surface area contributed by atoms with Crippen molar-refractivity contribution in [2.45, 2.75) is 20.8 Å². The maximum absolute atomic E-state index is 8.81. The summed E-state index contributed by atoms with van der Waals surface area (Å²) >= 11 is 0. The first-order chi connectivity index (χ1) is 7.33. The van der Waals surface area contributed by atoms with Crippen molar-refractivity contribution in [2.24, 2.45) is 0 Å². The average Bonchev–Trinajstić information content (AvgIpc) is 2.33. The monoisotopic (exact) mass is 199 g/mol. The molecule has 0 unspecified atom stereocenters. The van der Waals surface area contributed by atoms with Crippen LogP contribution in [0.3, 0.4) is 0 Å². The number of fused-ring (bicyclic) bond motifs is 1. The number of benzene rings is 1. The third-order valence-electron chi connectivity index (χ3n) is 1.95. The maximum Gasteiger partial charge on any atom is 0.107 e. The highest BCUT2D eigenvalue weighted by Crippen LogP contribution is 2.16. The van der Waals surface area contributed by atoms with Gasteiger partial charge in [-0.3, -0.25) is 9.97 Å². The van der Waals surface area contributed by atoms with Gasteiger partial charge in [0.15, 0.2) is 0 Å². The fraction of sp³-hybridized carbons (Fsp3) is 0.250. The lowest BCUT2D eigenvalue weighted by Gasteiger charge is -2.00. The molecule has 0 aliphatic carbocycles. The SMILES string of the molecule is CC.Cc1ccc(C#N)c2nccnc12. The van der Waals surface area contributed by atoms with Crippen molar-refractivity contribution in [1.29, 1.82) is 5.26 Å². The van der Waals surface area contributed by atoms with Crippen LogP contribution in [0.5, 0.6) is 0 Å². The summed E-state index contributed by atoms with van der Waals surface area (Å²) in [6.45, 7) is 5.96. The molecule has 0 spiro atoms. The molecule has 0 amide bonds. The lowest BCUT2D eigenvalue weighted by Crippen LogP contribution is -1.89. The number of rotatable bonds is 0. The number of hydrogen-bond donors (Lipinski definition) is 0. The van der Waals surface area contributed by atoms with Gasteiger partial charge in [0.25, 0.3) is 0 Å². The van der Waals surface area contributed by atoms with Crippen molar-refractivity contribution in [3.05, 3.63) is 35.7 Å². The Morgan fingerprint density at radius 3 is 2.27 bits per heavy atom. The van der Waals surface area contributed by atoms with Crippen LogP contribution in [0.1, 0.15) is 25.0 Å². The predicted octanol–water partition coefficient (Wildman–Crippen LogP) is 2.84. The molecule has 15 heavy (non-hydrogen) atoms. The van der Waals surface area contributed by atoms with Crippen LogP contribution in [0.4, 0.5) is 0 Å². The Balaban J connectivity index is 0.000000531. The zero-order valence-corrected chi connectivity index (χ0v) is 9.15. The van der Waals surface area contributed by atoms with Gasteiger partial charge in [-0.05, 0) is 18.6 Å². The highest BCUT2D eigenvalue weighted by atomic mass is 14.8. The van der Waals surface area contributed by atoms with Crippen molar-refractivity contribution in [3.8, 4) is 6.07 Å². The lowest BCUT2D eigenvalue weighted by molar-refractivity contribution is 1.26. The Kier molecular flexibility index (Phi) is 3.75. The molecule has 0 bridgehead atoms. The molecule has 3 nitrogen and oxygen atoms in total. The Morgan fingerprint density at radius 2 is 1.67 bits per heavy atom. The molecule has 0 aliphatic heterocycles. The third kappa shape index (κ3) is 2.10. The maximum atomic E-state index is 8.81. The summed E-state index contributed by atoms with van der Waals surface area (Å²) in [7, 11) is 0. The third-order valence-corrected chi connectivity index (χ3v) is 1.95. The van der Waals surface area contributed by atoms with Crippen molar-refractivity contribution >= 4 is 11.0 Å². The summed E-state index contributed by atoms with van der Waals surface area (Å²) in [6.07, 6.45) is 3.24. The normalized spacial score (nSPS) is 8.93. The van der Waals surface area contributed by atoms with Crippen molar-refractivity contribution in [2.75, 3.05) is 0 Å². The molecular formula is C12H13N3. The van der Waals surface area contributed by atoms with Gasteiger partial charge >= 0.3 is 0 Å². The van der Waals surface area contributed by atoms with E-state index in [1.165, 1.54) is 0 Å². The summed E-state index contributed by atoms with van der Waals surface area (Å²) < 4.78 is 0. The summed E-state index contributed by atoms with van der Waals surface area (Å²) in [4.78, 5) is 8.30. The number of aryl methyl sites for hydroxylation is 1. The molecule has 0 fully saturated rings. The summed E-state index contributed by atoms with van der Waals surface area (Å²) in [6, 6.07) is 5.75. The van der Waals surface area contributed by atoms with Gasteiger partial charge in [-0.2, -0.15) is 5.26 Å². The van der Waals surface area contributed by atoms with Crippen molar-refractivity contribution in [3.63, 3.8) is 0 Å². The van der Waals surface area contributed by atoms with Gasteiger partial charge in [-0.15, -0.1) is 0 Å². The second kappa shape index (κ2) is 5.06. The molecule has 3 heteroatoms. The van der Waals surface area contributed by atoms with Gasteiger partial charge in [0.05, 0.1) is 11.1 Å². The van der Waals surface area contributed by atoms with Crippen LogP contribution in [0.2, 0.25) is 0 Å². The topological polar surface area (TPSA) is 49.6 Å². The second-order valence-electron chi connectivity index (χ2n) is 2.80. The molecule has 0 saturated heterocycles. The molecule has 1 aromatic heterocycles. The van der Waals surface area contributed by atoms with E-state index in [0.29, 0.717) is 11.1 Å². The van der Waals surface area contributed by atoms with E-state index in [4.69, 9.17) is 5.26 Å². The second-order valence-corrected chi connectivity index (χ2v) is 2.80. The van der Waals surface area contributed by atoms with E-state index in [1.54, 1.807) is 18.5 Å². The number of nitriles is 1. The van der Waals surface area contributed by atoms with E-state index >= 15 is 0 Å². The van der Waals surface area contributed by atoms with E-state index in [2.05, 4.69) is 16.0 Å². The van der Waals surface area contributed by atoms with Crippen molar-refractivity contribution in [1.82, 2.24) is 9.97 Å². The fourth-order valence-corrected chi connectivity index (χ4v) is 1.28. The van der Waals surface area contributed by atoms with Gasteiger partial charge in [-0.25, -0.2) is 0 Å². The quantitative estimate of drug-likeness (QED) is 0.655. The molecule has 2 rings (SSSR count). The molecule has 1 heterocycles. The molecule has 0 saturated carbocycles. The van der Waals surface area contributed by atoms with Gasteiger partial charge < -0.3 is 0 Å². The number of aromatic nitrogens is 2. The van der Waals surface area contributed by atoms with Gasteiger partial charge in [-0.1, -0.05) is 19.9 Å². The molecule has 0 radical (unpaired) electrons. The summed E-state index contributed by atoms with van der Waals surface area (Å²) in [5.41, 5.74) is 3.11. The first-order valence-electron chi connectivity index (χ1n) is 4.93. The highest BCUT2D eigenvalue weighted by molar-refractivity contribution is 5.83. The minimum atomic E-state index is 0.578.